The molecule has 5 rings (SSSR count). The Labute approximate surface area is 278 Å². The normalized spacial score (nSPS) is 27.5. The molecule has 2 saturated heterocycles. The fraction of sp³-hybridized carbons (Fsp3) is 0.583. The molecule has 0 amide bonds. The van der Waals surface area contributed by atoms with E-state index in [2.05, 4.69) is 24.9 Å². The Hall–Kier alpha value is -4.75. The number of rotatable bonds is 12. The fourth-order valence-corrected chi connectivity index (χ4v) is 6.04. The van der Waals surface area contributed by atoms with Gasteiger partial charge in [0.25, 0.3) is 5.56 Å². The van der Waals surface area contributed by atoms with Crippen LogP contribution in [0.2, 0.25) is 0 Å². The molecule has 2 aliphatic rings. The van der Waals surface area contributed by atoms with Gasteiger partial charge < -0.3 is 55.0 Å². The van der Waals surface area contributed by atoms with Gasteiger partial charge in [-0.05, 0) is 13.8 Å². The number of nitrogens with zero attached hydrogens (tertiary/aromatic N) is 6. The first-order valence-electron chi connectivity index (χ1n) is 14.6. The minimum atomic E-state index is -5.27. The number of hydrogen-bond donors (Lipinski definition) is 6. The van der Waals surface area contributed by atoms with Gasteiger partial charge in [-0.15, -0.1) is 0 Å². The lowest BCUT2D eigenvalue weighted by Crippen LogP contribution is -2.40. The second-order valence-corrected chi connectivity index (χ2v) is 11.8. The lowest BCUT2D eigenvalue weighted by Gasteiger charge is -2.26. The van der Waals surface area contributed by atoms with E-state index in [1.54, 1.807) is 0 Å². The molecule has 0 bridgehead atoms. The number of phosphoric ester groups is 1. The topological polar surface area (TPSA) is 349 Å². The predicted octanol–water partition coefficient (Wildman–Crippen LogP) is -2.33. The number of nitrogens with one attached hydrogen (secondary N) is 1. The van der Waals surface area contributed by atoms with E-state index >= 15 is 0 Å². The second-order valence-electron chi connectivity index (χ2n) is 10.3. The van der Waals surface area contributed by atoms with Gasteiger partial charge in [-0.2, -0.15) is 9.97 Å². The molecule has 5 heterocycles. The van der Waals surface area contributed by atoms with Crippen LogP contribution in [0.15, 0.2) is 22.2 Å². The first-order valence-corrected chi connectivity index (χ1v) is 16.1. The summed E-state index contributed by atoms with van der Waals surface area (Å²) in [5.74, 6) is -0.683. The molecule has 0 spiro atoms. The molecule has 0 aliphatic carbocycles. The molecule has 0 saturated carbocycles. The summed E-state index contributed by atoms with van der Waals surface area (Å²) in [4.78, 5) is 77.5. The van der Waals surface area contributed by atoms with Gasteiger partial charge in [-0.25, -0.2) is 28.9 Å². The van der Waals surface area contributed by atoms with Gasteiger partial charge in [0.05, 0.1) is 32.8 Å². The van der Waals surface area contributed by atoms with E-state index in [0.29, 0.717) is 0 Å². The number of anilines is 2. The largest absolute Gasteiger partial charge is 0.508 e. The zero-order valence-electron chi connectivity index (χ0n) is 26.0. The van der Waals surface area contributed by atoms with E-state index in [0.717, 1.165) is 21.8 Å². The Morgan fingerprint density at radius 3 is 2.22 bits per heavy atom. The number of carbonyl (C=O) groups is 2. The van der Waals surface area contributed by atoms with Crippen LogP contribution in [0.1, 0.15) is 26.3 Å². The summed E-state index contributed by atoms with van der Waals surface area (Å²) in [5, 5.41) is 21.1. The first kappa shape index (κ1) is 36.5. The minimum Gasteiger partial charge on any atom is -0.435 e. The summed E-state index contributed by atoms with van der Waals surface area (Å²) in [6.07, 6.45) is -13.5. The number of carbonyl (C=O) groups excluding carboxylic acids is 2. The average molecular weight is 734 g/mol. The van der Waals surface area contributed by atoms with Crippen LogP contribution in [0.4, 0.5) is 21.5 Å². The number of aromatic nitrogens is 7. The van der Waals surface area contributed by atoms with Gasteiger partial charge in [-0.1, -0.05) is 0 Å². The Bertz CT molecular complexity index is 1870. The zero-order chi connectivity index (χ0) is 36.3. The summed E-state index contributed by atoms with van der Waals surface area (Å²) in [5.41, 5.74) is 9.06. The number of phosphoric acid groups is 1. The van der Waals surface area contributed by atoms with Gasteiger partial charge in [0.1, 0.15) is 30.7 Å². The molecule has 26 heteroatoms. The third-order valence-electron chi connectivity index (χ3n) is 7.17. The molecule has 2 fully saturated rings. The van der Waals surface area contributed by atoms with Crippen molar-refractivity contribution < 1.29 is 66.7 Å². The molecule has 0 radical (unpaired) electrons. The first-order chi connectivity index (χ1) is 23.8. The third-order valence-corrected chi connectivity index (χ3v) is 8.15. The zero-order valence-corrected chi connectivity index (χ0v) is 26.9. The number of aliphatic hydroxyl groups is 2. The maximum Gasteiger partial charge on any atom is 0.508 e. The minimum absolute atomic E-state index is 0.100. The number of nitrogen functional groups attached to an aromatic ring is 2. The van der Waals surface area contributed by atoms with Crippen molar-refractivity contribution in [1.82, 2.24) is 34.1 Å². The molecule has 8 N–H and O–H groups in total. The Morgan fingerprint density at radius 1 is 0.960 bits per heavy atom. The van der Waals surface area contributed by atoms with Crippen molar-refractivity contribution in [3.8, 4) is 0 Å². The second kappa shape index (κ2) is 15.0. The number of ether oxygens (including phenoxy) is 6. The van der Waals surface area contributed by atoms with Gasteiger partial charge in [0, 0.05) is 0 Å². The van der Waals surface area contributed by atoms with Crippen molar-refractivity contribution >= 4 is 43.2 Å². The number of nitrogens with two attached hydrogens (primary N) is 2. The molecule has 274 valence electrons. The highest BCUT2D eigenvalue weighted by Gasteiger charge is 2.53. The van der Waals surface area contributed by atoms with E-state index in [1.807, 2.05) is 0 Å². The van der Waals surface area contributed by atoms with Crippen molar-refractivity contribution in [1.29, 1.82) is 0 Å². The lowest BCUT2D eigenvalue weighted by molar-refractivity contribution is -0.0692. The highest BCUT2D eigenvalue weighted by Crippen LogP contribution is 2.50. The maximum atomic E-state index is 13.3. The van der Waals surface area contributed by atoms with Crippen LogP contribution in [0, 0.1) is 0 Å². The number of aliphatic hydroxyl groups excluding tert-OH is 2. The van der Waals surface area contributed by atoms with Crippen molar-refractivity contribution in [3.05, 3.63) is 33.5 Å². The van der Waals surface area contributed by atoms with Gasteiger partial charge in [0.15, 0.2) is 35.8 Å². The fourth-order valence-electron chi connectivity index (χ4n) is 5.08. The Balaban J connectivity index is 1.38. The van der Waals surface area contributed by atoms with E-state index in [1.165, 1.54) is 13.8 Å². The highest BCUT2D eigenvalue weighted by atomic mass is 31.2. The summed E-state index contributed by atoms with van der Waals surface area (Å²) in [6.45, 7) is 0.952. The van der Waals surface area contributed by atoms with E-state index < -0.39 is 93.7 Å². The third kappa shape index (κ3) is 7.68. The number of imidazole rings is 1. The van der Waals surface area contributed by atoms with Crippen molar-refractivity contribution in [2.75, 3.05) is 37.9 Å². The van der Waals surface area contributed by atoms with Gasteiger partial charge in [0.2, 0.25) is 11.9 Å². The van der Waals surface area contributed by atoms with Crippen LogP contribution < -0.4 is 22.7 Å². The SMILES string of the molecule is CCOC(=O)O[C@@H]1[C@H](O)[C@@H](COP(=O)(O)O[C@H]2[C@@H](OC(=O)OCC)[C@H](n3cnc4c(=O)[nH]c(N)nc43)O[C@@H]2CO)O[C@H]1n1cnc(N)nc1=O. The van der Waals surface area contributed by atoms with E-state index in [9.17, 15) is 38.8 Å². The predicted molar refractivity (Wildman–Crippen MR) is 159 cm³/mol. The summed E-state index contributed by atoms with van der Waals surface area (Å²) in [7, 11) is -5.27. The molecular weight excluding hydrogens is 701 g/mol. The van der Waals surface area contributed by atoms with Crippen LogP contribution in [-0.4, -0.2) is 125 Å². The van der Waals surface area contributed by atoms with E-state index in [-0.39, 0.29) is 36.3 Å². The molecule has 2 aliphatic heterocycles. The quantitative estimate of drug-likeness (QED) is 0.0839. The van der Waals surface area contributed by atoms with Gasteiger partial charge >= 0.3 is 25.8 Å². The Kier molecular flexibility index (Phi) is 11.0. The van der Waals surface area contributed by atoms with Crippen molar-refractivity contribution in [2.24, 2.45) is 0 Å². The summed E-state index contributed by atoms with van der Waals surface area (Å²) < 4.78 is 57.1. The highest BCUT2D eigenvalue weighted by molar-refractivity contribution is 7.47. The average Bonchev–Trinajstić information content (AvgIpc) is 3.70. The number of H-pyrrole nitrogens is 1. The molecule has 9 atom stereocenters. The van der Waals surface area contributed by atoms with Crippen LogP contribution in [-0.2, 0) is 42.0 Å². The molecular formula is C24H32N9O16P. The van der Waals surface area contributed by atoms with Crippen LogP contribution in [0.5, 0.6) is 0 Å². The summed E-state index contributed by atoms with van der Waals surface area (Å²) in [6, 6.07) is 0. The lowest BCUT2D eigenvalue weighted by atomic mass is 10.1. The molecule has 25 nitrogen and oxygen atoms in total. The molecule has 1 unspecified atom stereocenters. The van der Waals surface area contributed by atoms with Crippen molar-refractivity contribution in [3.63, 3.8) is 0 Å². The Morgan fingerprint density at radius 2 is 1.58 bits per heavy atom. The molecule has 3 aromatic heterocycles. The van der Waals surface area contributed by atoms with Crippen LogP contribution in [0.25, 0.3) is 11.2 Å². The molecule has 3 aromatic rings. The van der Waals surface area contributed by atoms with Crippen molar-refractivity contribution in [2.45, 2.75) is 62.9 Å². The molecule has 0 aromatic carbocycles. The van der Waals surface area contributed by atoms with E-state index in [4.69, 9.17) is 48.9 Å². The standard InChI is InChI=1S/C24H32N9O16P/c1-3-42-23(38)47-14-12(35)10(46-18(14)33-8-28-20(25)31-22(33)37)6-44-50(40,41)49-13-9(5-34)45-19(15(13)48-24(39)43-4-2)32-7-27-11-16(32)29-21(26)30-17(11)36/h7-10,12-15,18-19,34-35H,3-6H2,1-2H3,(H,40,41)(H2,25,31,37)(H3,26,29,30,36)/t9-,10-,12-,13-,14-,15-,18-,19-/m1/s1. The monoisotopic (exact) mass is 733 g/mol. The van der Waals surface area contributed by atoms with Crippen LogP contribution >= 0.6 is 7.82 Å². The van der Waals surface area contributed by atoms with Crippen LogP contribution in [0.3, 0.4) is 0 Å². The summed E-state index contributed by atoms with van der Waals surface area (Å²) >= 11 is 0. The van der Waals surface area contributed by atoms with Gasteiger partial charge in [-0.3, -0.25) is 28.0 Å². The number of aromatic amines is 1. The molecule has 50 heavy (non-hydrogen) atoms. The number of fused-ring (bicyclic) bond motifs is 1. The number of hydrogen-bond acceptors (Lipinski definition) is 21. The smallest absolute Gasteiger partial charge is 0.435 e. The maximum absolute atomic E-state index is 13.3.